The van der Waals surface area contributed by atoms with Crippen molar-refractivity contribution in [1.29, 1.82) is 0 Å². The maximum Gasteiger partial charge on any atom is 0.320 e. The van der Waals surface area contributed by atoms with Crippen molar-refractivity contribution in [2.75, 3.05) is 13.2 Å². The Hall–Kier alpha value is -1.06. The topological polar surface area (TPSA) is 52.6 Å². The zero-order valence-electron chi connectivity index (χ0n) is 13.9. The predicted molar refractivity (Wildman–Crippen MR) is 81.7 cm³/mol. The van der Waals surface area contributed by atoms with Gasteiger partial charge in [0.25, 0.3) is 0 Å². The van der Waals surface area contributed by atoms with Crippen molar-refractivity contribution in [2.24, 2.45) is 23.7 Å². The van der Waals surface area contributed by atoms with E-state index in [9.17, 15) is 9.59 Å². The van der Waals surface area contributed by atoms with Crippen LogP contribution >= 0.6 is 0 Å². The van der Waals surface area contributed by atoms with E-state index in [0.29, 0.717) is 25.0 Å². The molecule has 1 fully saturated rings. The summed E-state index contributed by atoms with van der Waals surface area (Å²) >= 11 is 0. The molecule has 1 aliphatic carbocycles. The van der Waals surface area contributed by atoms with Crippen LogP contribution in [0.15, 0.2) is 0 Å². The van der Waals surface area contributed by atoms with E-state index in [1.54, 1.807) is 13.8 Å². The van der Waals surface area contributed by atoms with Gasteiger partial charge in [-0.05, 0) is 38.0 Å². The highest BCUT2D eigenvalue weighted by molar-refractivity contribution is 5.95. The van der Waals surface area contributed by atoms with E-state index >= 15 is 0 Å². The first-order valence-corrected chi connectivity index (χ1v) is 8.34. The van der Waals surface area contributed by atoms with E-state index in [-0.39, 0.29) is 5.92 Å². The Morgan fingerprint density at radius 1 is 1.00 bits per heavy atom. The molecule has 0 aromatic heterocycles. The highest BCUT2D eigenvalue weighted by atomic mass is 16.6. The van der Waals surface area contributed by atoms with Crippen LogP contribution in [0.2, 0.25) is 0 Å². The van der Waals surface area contributed by atoms with Crippen LogP contribution in [-0.4, -0.2) is 25.2 Å². The third kappa shape index (κ3) is 5.33. The molecule has 0 saturated heterocycles. The average molecular weight is 298 g/mol. The molecule has 1 aliphatic rings. The van der Waals surface area contributed by atoms with Crippen molar-refractivity contribution in [1.82, 2.24) is 0 Å². The lowest BCUT2D eigenvalue weighted by Crippen LogP contribution is -2.38. The molecule has 0 amide bonds. The molecule has 0 spiro atoms. The second kappa shape index (κ2) is 9.06. The summed E-state index contributed by atoms with van der Waals surface area (Å²) in [6.07, 6.45) is 5.46. The average Bonchev–Trinajstić information content (AvgIpc) is 2.91. The molecule has 21 heavy (non-hydrogen) atoms. The summed E-state index contributed by atoms with van der Waals surface area (Å²) in [5, 5.41) is 0. The lowest BCUT2D eigenvalue weighted by atomic mass is 9.75. The molecule has 1 atom stereocenters. The fourth-order valence-corrected chi connectivity index (χ4v) is 3.44. The third-order valence-corrected chi connectivity index (χ3v) is 4.26. The minimum absolute atomic E-state index is 0.0469. The van der Waals surface area contributed by atoms with Gasteiger partial charge < -0.3 is 9.47 Å². The Labute approximate surface area is 128 Å². The van der Waals surface area contributed by atoms with E-state index in [1.807, 2.05) is 0 Å². The van der Waals surface area contributed by atoms with Crippen LogP contribution in [0.1, 0.15) is 59.8 Å². The largest absolute Gasteiger partial charge is 0.465 e. The Kier molecular flexibility index (Phi) is 7.76. The molecular formula is C17H30O4. The quantitative estimate of drug-likeness (QED) is 0.507. The molecule has 0 N–H and O–H groups in total. The molecular weight excluding hydrogens is 268 g/mol. The SMILES string of the molecule is CCOC(=O)C(C(=O)OCC)C(CC(C)C)C1CCCC1. The van der Waals surface area contributed by atoms with Crippen molar-refractivity contribution in [3.63, 3.8) is 0 Å². The van der Waals surface area contributed by atoms with E-state index < -0.39 is 17.9 Å². The number of hydrogen-bond acceptors (Lipinski definition) is 4. The monoisotopic (exact) mass is 298 g/mol. The zero-order valence-corrected chi connectivity index (χ0v) is 13.9. The predicted octanol–water partition coefficient (Wildman–Crippen LogP) is 3.58. The van der Waals surface area contributed by atoms with Crippen LogP contribution in [0.4, 0.5) is 0 Å². The molecule has 4 heteroatoms. The maximum absolute atomic E-state index is 12.3. The molecule has 0 aliphatic heterocycles. The first-order chi connectivity index (χ1) is 10.0. The molecule has 1 saturated carbocycles. The summed E-state index contributed by atoms with van der Waals surface area (Å²) < 4.78 is 10.3. The van der Waals surface area contributed by atoms with Crippen LogP contribution in [0.5, 0.6) is 0 Å². The number of esters is 2. The van der Waals surface area contributed by atoms with Crippen molar-refractivity contribution < 1.29 is 19.1 Å². The van der Waals surface area contributed by atoms with Gasteiger partial charge in [-0.1, -0.05) is 39.5 Å². The van der Waals surface area contributed by atoms with E-state index in [1.165, 1.54) is 12.8 Å². The Morgan fingerprint density at radius 3 is 1.86 bits per heavy atom. The van der Waals surface area contributed by atoms with Gasteiger partial charge >= 0.3 is 11.9 Å². The Balaban J connectivity index is 2.96. The minimum Gasteiger partial charge on any atom is -0.465 e. The van der Waals surface area contributed by atoms with Gasteiger partial charge in [0, 0.05) is 0 Å². The summed E-state index contributed by atoms with van der Waals surface area (Å²) in [5.41, 5.74) is 0. The van der Waals surface area contributed by atoms with Gasteiger partial charge in [0.15, 0.2) is 5.92 Å². The second-order valence-electron chi connectivity index (χ2n) is 6.32. The van der Waals surface area contributed by atoms with Crippen LogP contribution in [0.3, 0.4) is 0 Å². The number of hydrogen-bond donors (Lipinski definition) is 0. The van der Waals surface area contributed by atoms with Crippen molar-refractivity contribution in [3.8, 4) is 0 Å². The summed E-state index contributed by atoms with van der Waals surface area (Å²) in [4.78, 5) is 24.6. The molecule has 0 radical (unpaired) electrons. The summed E-state index contributed by atoms with van der Waals surface area (Å²) in [5.74, 6) is -0.642. The highest BCUT2D eigenvalue weighted by Crippen LogP contribution is 2.39. The summed E-state index contributed by atoms with van der Waals surface area (Å²) in [6, 6.07) is 0. The van der Waals surface area contributed by atoms with Gasteiger partial charge in [-0.25, -0.2) is 0 Å². The molecule has 1 unspecified atom stereocenters. The third-order valence-electron chi connectivity index (χ3n) is 4.26. The number of ether oxygens (including phenoxy) is 2. The molecule has 0 aromatic carbocycles. The van der Waals surface area contributed by atoms with Crippen LogP contribution in [-0.2, 0) is 19.1 Å². The summed E-state index contributed by atoms with van der Waals surface area (Å²) in [6.45, 7) is 8.41. The maximum atomic E-state index is 12.3. The number of rotatable bonds is 8. The van der Waals surface area contributed by atoms with E-state index in [0.717, 1.165) is 19.3 Å². The van der Waals surface area contributed by atoms with Gasteiger partial charge in [-0.15, -0.1) is 0 Å². The number of carbonyl (C=O) groups is 2. The van der Waals surface area contributed by atoms with E-state index in [4.69, 9.17) is 9.47 Å². The van der Waals surface area contributed by atoms with Gasteiger partial charge in [0.2, 0.25) is 0 Å². The molecule has 4 nitrogen and oxygen atoms in total. The standard InChI is InChI=1S/C17H30O4/c1-5-20-16(18)15(17(19)21-6-2)14(11-12(3)4)13-9-7-8-10-13/h12-15H,5-11H2,1-4H3. The summed E-state index contributed by atoms with van der Waals surface area (Å²) in [7, 11) is 0. The van der Waals surface area contributed by atoms with Gasteiger partial charge in [-0.3, -0.25) is 9.59 Å². The molecule has 1 rings (SSSR count). The van der Waals surface area contributed by atoms with Gasteiger partial charge in [0.1, 0.15) is 0 Å². The second-order valence-corrected chi connectivity index (χ2v) is 6.32. The smallest absolute Gasteiger partial charge is 0.320 e. The fraction of sp³-hybridized carbons (Fsp3) is 0.882. The normalized spacial score (nSPS) is 17.2. The van der Waals surface area contributed by atoms with Gasteiger partial charge in [-0.2, -0.15) is 0 Å². The van der Waals surface area contributed by atoms with Crippen LogP contribution in [0.25, 0.3) is 0 Å². The lowest BCUT2D eigenvalue weighted by Gasteiger charge is -2.30. The first kappa shape index (κ1) is 18.0. The van der Waals surface area contributed by atoms with Crippen molar-refractivity contribution in [3.05, 3.63) is 0 Å². The lowest BCUT2D eigenvalue weighted by molar-refractivity contribution is -0.166. The molecule has 0 bridgehead atoms. The minimum atomic E-state index is -0.754. The van der Waals surface area contributed by atoms with Crippen LogP contribution in [0, 0.1) is 23.7 Å². The molecule has 122 valence electrons. The highest BCUT2D eigenvalue weighted by Gasteiger charge is 2.42. The number of carbonyl (C=O) groups excluding carboxylic acids is 2. The Bertz CT molecular complexity index is 314. The zero-order chi connectivity index (χ0) is 15.8. The molecule has 0 aromatic rings. The first-order valence-electron chi connectivity index (χ1n) is 8.34. The Morgan fingerprint density at radius 2 is 1.48 bits per heavy atom. The van der Waals surface area contributed by atoms with Crippen LogP contribution < -0.4 is 0 Å². The fourth-order valence-electron chi connectivity index (χ4n) is 3.44. The van der Waals surface area contributed by atoms with Gasteiger partial charge in [0.05, 0.1) is 13.2 Å². The van der Waals surface area contributed by atoms with E-state index in [2.05, 4.69) is 13.8 Å². The van der Waals surface area contributed by atoms with Crippen molar-refractivity contribution in [2.45, 2.75) is 59.8 Å². The molecule has 0 heterocycles. The van der Waals surface area contributed by atoms with Crippen molar-refractivity contribution >= 4 is 11.9 Å².